The molecule has 8 heteroatoms. The van der Waals surface area contributed by atoms with E-state index in [0.717, 1.165) is 0 Å². The molecule has 0 aliphatic carbocycles. The van der Waals surface area contributed by atoms with Crippen molar-refractivity contribution >= 4 is 39.1 Å². The molecule has 0 atom stereocenters. The second-order valence-corrected chi connectivity index (χ2v) is 6.54. The lowest BCUT2D eigenvalue weighted by Crippen LogP contribution is -2.13. The number of nitrogens with zero attached hydrogens (tertiary/aromatic N) is 2. The normalized spacial score (nSPS) is 10.7. The fraction of sp³-hybridized carbons (Fsp3) is 0.0588. The van der Waals surface area contributed by atoms with E-state index in [4.69, 9.17) is 11.6 Å². The number of aromatic nitrogens is 2. The number of hydrogen-bond acceptors (Lipinski definition) is 3. The third-order valence-corrected chi connectivity index (χ3v) is 4.43. The average Bonchev–Trinajstić information content (AvgIpc) is 2.94. The highest BCUT2D eigenvalue weighted by Crippen LogP contribution is 2.35. The first kappa shape index (κ1) is 17.4. The van der Waals surface area contributed by atoms with Gasteiger partial charge < -0.3 is 10.4 Å². The molecule has 0 aliphatic rings. The number of aromatic hydroxyl groups is 1. The molecule has 0 bridgehead atoms. The van der Waals surface area contributed by atoms with Crippen molar-refractivity contribution in [1.82, 2.24) is 9.78 Å². The number of hydrogen-bond donors (Lipinski definition) is 2. The zero-order valence-corrected chi connectivity index (χ0v) is 15.3. The van der Waals surface area contributed by atoms with Gasteiger partial charge in [-0.2, -0.15) is 5.10 Å². The van der Waals surface area contributed by atoms with Gasteiger partial charge in [-0.15, -0.1) is 0 Å². The summed E-state index contributed by atoms with van der Waals surface area (Å²) in [6, 6.07) is 9.07. The number of halogens is 3. The summed E-state index contributed by atoms with van der Waals surface area (Å²) in [7, 11) is 0. The smallest absolute Gasteiger partial charge is 0.259 e. The number of anilines is 1. The molecule has 0 fully saturated rings. The third kappa shape index (κ3) is 3.38. The summed E-state index contributed by atoms with van der Waals surface area (Å²) >= 11 is 9.09. The summed E-state index contributed by atoms with van der Waals surface area (Å²) in [6.45, 7) is 1.65. The standard InChI is InChI=1S/C17H12BrClFN3O2/c1-9-11(8-21-23(9)15-5-3-2-4-13(15)20)17(25)22-14-7-10(19)6-12(18)16(14)24/h2-8,24H,1H3,(H,22,25). The molecule has 5 nitrogen and oxygen atoms in total. The molecule has 1 aromatic heterocycles. The Balaban J connectivity index is 1.94. The van der Waals surface area contributed by atoms with Crippen LogP contribution in [0.3, 0.4) is 0 Å². The van der Waals surface area contributed by atoms with Gasteiger partial charge in [0.05, 0.1) is 27.6 Å². The number of carbonyl (C=O) groups is 1. The van der Waals surface area contributed by atoms with E-state index in [0.29, 0.717) is 15.2 Å². The lowest BCUT2D eigenvalue weighted by Gasteiger charge is -2.10. The van der Waals surface area contributed by atoms with Crippen LogP contribution in [0.4, 0.5) is 10.1 Å². The quantitative estimate of drug-likeness (QED) is 0.599. The van der Waals surface area contributed by atoms with E-state index >= 15 is 0 Å². The van der Waals surface area contributed by atoms with Gasteiger partial charge in [0.25, 0.3) is 5.91 Å². The molecule has 25 heavy (non-hydrogen) atoms. The van der Waals surface area contributed by atoms with Crippen molar-refractivity contribution in [3.63, 3.8) is 0 Å². The van der Waals surface area contributed by atoms with E-state index < -0.39 is 11.7 Å². The van der Waals surface area contributed by atoms with Crippen LogP contribution in [-0.4, -0.2) is 20.8 Å². The minimum atomic E-state index is -0.496. The molecule has 2 N–H and O–H groups in total. The second-order valence-electron chi connectivity index (χ2n) is 5.24. The van der Waals surface area contributed by atoms with Crippen LogP contribution < -0.4 is 5.32 Å². The maximum Gasteiger partial charge on any atom is 0.259 e. The number of phenolic OH excluding ortho intramolecular Hbond substituents is 1. The Morgan fingerprint density at radius 3 is 2.80 bits per heavy atom. The van der Waals surface area contributed by atoms with Crippen LogP contribution in [0, 0.1) is 12.7 Å². The van der Waals surface area contributed by atoms with Gasteiger partial charge in [0, 0.05) is 5.02 Å². The largest absolute Gasteiger partial charge is 0.505 e. The summed E-state index contributed by atoms with van der Waals surface area (Å²) in [5.74, 6) is -1.08. The molecule has 0 radical (unpaired) electrons. The Morgan fingerprint density at radius 1 is 1.36 bits per heavy atom. The number of phenols is 1. The predicted molar refractivity (Wildman–Crippen MR) is 97.0 cm³/mol. The van der Waals surface area contributed by atoms with Crippen LogP contribution in [0.25, 0.3) is 5.69 Å². The summed E-state index contributed by atoms with van der Waals surface area (Å²) < 4.78 is 15.6. The second kappa shape index (κ2) is 6.85. The molecule has 0 unspecified atom stereocenters. The van der Waals surface area contributed by atoms with Gasteiger partial charge in [0.2, 0.25) is 0 Å². The lowest BCUT2D eigenvalue weighted by atomic mass is 10.2. The van der Waals surface area contributed by atoms with Crippen molar-refractivity contribution in [3.8, 4) is 11.4 Å². The zero-order valence-electron chi connectivity index (χ0n) is 12.9. The number of benzene rings is 2. The first-order valence-electron chi connectivity index (χ1n) is 7.17. The van der Waals surface area contributed by atoms with E-state index in [1.54, 1.807) is 25.1 Å². The van der Waals surface area contributed by atoms with Crippen molar-refractivity contribution in [1.29, 1.82) is 0 Å². The van der Waals surface area contributed by atoms with Gasteiger partial charge in [0.1, 0.15) is 11.5 Å². The monoisotopic (exact) mass is 423 g/mol. The maximum atomic E-state index is 13.9. The van der Waals surface area contributed by atoms with Crippen LogP contribution in [0.2, 0.25) is 5.02 Å². The SMILES string of the molecule is Cc1c(C(=O)Nc2cc(Cl)cc(Br)c2O)cnn1-c1ccccc1F. The van der Waals surface area contributed by atoms with Crippen LogP contribution in [0.1, 0.15) is 16.1 Å². The summed E-state index contributed by atoms with van der Waals surface area (Å²) in [6.07, 6.45) is 1.34. The van der Waals surface area contributed by atoms with Crippen LogP contribution in [0.5, 0.6) is 5.75 Å². The number of carbonyl (C=O) groups excluding carboxylic acids is 1. The summed E-state index contributed by atoms with van der Waals surface area (Å²) in [4.78, 5) is 12.5. The lowest BCUT2D eigenvalue weighted by molar-refractivity contribution is 0.102. The molecule has 1 amide bonds. The van der Waals surface area contributed by atoms with Gasteiger partial charge >= 0.3 is 0 Å². The van der Waals surface area contributed by atoms with Crippen LogP contribution >= 0.6 is 27.5 Å². The summed E-state index contributed by atoms with van der Waals surface area (Å²) in [5.41, 5.74) is 1.11. The van der Waals surface area contributed by atoms with E-state index in [-0.39, 0.29) is 22.7 Å². The third-order valence-electron chi connectivity index (χ3n) is 3.61. The maximum absolute atomic E-state index is 13.9. The van der Waals surface area contributed by atoms with Gasteiger partial charge in [-0.1, -0.05) is 23.7 Å². The molecule has 0 spiro atoms. The van der Waals surface area contributed by atoms with Gasteiger partial charge in [0.15, 0.2) is 5.75 Å². The van der Waals surface area contributed by atoms with Crippen LogP contribution in [0.15, 0.2) is 47.1 Å². The average molecular weight is 425 g/mol. The van der Waals surface area contributed by atoms with Crippen molar-refractivity contribution in [3.05, 3.63) is 69.2 Å². The van der Waals surface area contributed by atoms with E-state index in [1.165, 1.54) is 29.1 Å². The fourth-order valence-electron chi connectivity index (χ4n) is 2.35. The Kier molecular flexibility index (Phi) is 4.78. The highest BCUT2D eigenvalue weighted by molar-refractivity contribution is 9.10. The van der Waals surface area contributed by atoms with Crippen molar-refractivity contribution in [2.24, 2.45) is 0 Å². The van der Waals surface area contributed by atoms with Crippen molar-refractivity contribution < 1.29 is 14.3 Å². The highest BCUT2D eigenvalue weighted by Gasteiger charge is 2.18. The van der Waals surface area contributed by atoms with E-state index in [9.17, 15) is 14.3 Å². The molecule has 3 rings (SSSR count). The van der Waals surface area contributed by atoms with Crippen molar-refractivity contribution in [2.45, 2.75) is 6.92 Å². The molecule has 0 aliphatic heterocycles. The van der Waals surface area contributed by atoms with Crippen molar-refractivity contribution in [2.75, 3.05) is 5.32 Å². The number of amides is 1. The first-order chi connectivity index (χ1) is 11.9. The fourth-order valence-corrected chi connectivity index (χ4v) is 3.16. The summed E-state index contributed by atoms with van der Waals surface area (Å²) in [5, 5.41) is 17.0. The Labute approximate surface area is 156 Å². The predicted octanol–water partition coefficient (Wildman–Crippen LogP) is 4.69. The molecule has 3 aromatic rings. The molecule has 0 saturated heterocycles. The minimum absolute atomic E-state index is 0.142. The van der Waals surface area contributed by atoms with Gasteiger partial charge in [-0.3, -0.25) is 4.79 Å². The van der Waals surface area contributed by atoms with Crippen LogP contribution in [-0.2, 0) is 0 Å². The Hall–Kier alpha value is -2.38. The molecular weight excluding hydrogens is 413 g/mol. The Morgan fingerprint density at radius 2 is 2.08 bits per heavy atom. The number of nitrogens with one attached hydrogen (secondary N) is 1. The van der Waals surface area contributed by atoms with Gasteiger partial charge in [-0.05, 0) is 47.1 Å². The zero-order chi connectivity index (χ0) is 18.1. The molecule has 1 heterocycles. The van der Waals surface area contributed by atoms with E-state index in [2.05, 4.69) is 26.3 Å². The Bertz CT molecular complexity index is 975. The van der Waals surface area contributed by atoms with Gasteiger partial charge in [-0.25, -0.2) is 9.07 Å². The number of rotatable bonds is 3. The topological polar surface area (TPSA) is 67.2 Å². The van der Waals surface area contributed by atoms with E-state index in [1.807, 2.05) is 0 Å². The minimum Gasteiger partial charge on any atom is -0.505 e. The molecular formula is C17H12BrClFN3O2. The molecule has 2 aromatic carbocycles. The number of para-hydroxylation sites is 1. The molecule has 128 valence electrons. The molecule has 0 saturated carbocycles. The first-order valence-corrected chi connectivity index (χ1v) is 8.34. The highest BCUT2D eigenvalue weighted by atomic mass is 79.9.